The van der Waals surface area contributed by atoms with Crippen LogP contribution in [0.25, 0.3) is 6.08 Å². The molecule has 1 aromatic carbocycles. The van der Waals surface area contributed by atoms with E-state index in [1.165, 1.54) is 18.4 Å². The van der Waals surface area contributed by atoms with Crippen molar-refractivity contribution in [1.29, 1.82) is 0 Å². The van der Waals surface area contributed by atoms with Crippen molar-refractivity contribution in [2.24, 2.45) is 0 Å². The molecule has 1 aliphatic rings. The van der Waals surface area contributed by atoms with Crippen LogP contribution in [0.4, 0.5) is 4.79 Å². The van der Waals surface area contributed by atoms with Gasteiger partial charge in [0.1, 0.15) is 11.3 Å². The topological polar surface area (TPSA) is 79.6 Å². The van der Waals surface area contributed by atoms with Crippen LogP contribution < -0.4 is 5.32 Å². The van der Waals surface area contributed by atoms with E-state index in [0.29, 0.717) is 5.76 Å². The molecule has 0 spiro atoms. The molecule has 0 atom stereocenters. The SMILES string of the molecule is O=C1NC(=O)N(Cc2ccccc2)C(=O)/C1=C\C=C\c1ccco1. The van der Waals surface area contributed by atoms with Crippen molar-refractivity contribution in [3.63, 3.8) is 0 Å². The zero-order chi connectivity index (χ0) is 16.9. The van der Waals surface area contributed by atoms with E-state index in [0.717, 1.165) is 10.5 Å². The minimum absolute atomic E-state index is 0.0953. The van der Waals surface area contributed by atoms with E-state index in [9.17, 15) is 14.4 Å². The number of benzene rings is 1. The average molecular weight is 322 g/mol. The van der Waals surface area contributed by atoms with E-state index in [1.807, 2.05) is 18.2 Å². The van der Waals surface area contributed by atoms with Crippen LogP contribution in [-0.2, 0) is 16.1 Å². The summed E-state index contributed by atoms with van der Waals surface area (Å²) >= 11 is 0. The first-order chi connectivity index (χ1) is 11.6. The molecule has 0 bridgehead atoms. The summed E-state index contributed by atoms with van der Waals surface area (Å²) in [6.07, 6.45) is 6.03. The number of furan rings is 1. The third kappa shape index (κ3) is 3.33. The summed E-state index contributed by atoms with van der Waals surface area (Å²) < 4.78 is 5.13. The first-order valence-electron chi connectivity index (χ1n) is 7.28. The smallest absolute Gasteiger partial charge is 0.331 e. The lowest BCUT2D eigenvalue weighted by Gasteiger charge is -2.26. The van der Waals surface area contributed by atoms with Crippen LogP contribution in [0.1, 0.15) is 11.3 Å². The summed E-state index contributed by atoms with van der Waals surface area (Å²) in [7, 11) is 0. The maximum Gasteiger partial charge on any atom is 0.331 e. The highest BCUT2D eigenvalue weighted by Gasteiger charge is 2.35. The second-order valence-electron chi connectivity index (χ2n) is 5.09. The van der Waals surface area contributed by atoms with Gasteiger partial charge in [-0.1, -0.05) is 36.4 Å². The maximum atomic E-state index is 12.5. The molecule has 2 aromatic rings. The Balaban J connectivity index is 1.80. The molecule has 0 unspecified atom stereocenters. The van der Waals surface area contributed by atoms with Gasteiger partial charge in [0.2, 0.25) is 0 Å². The van der Waals surface area contributed by atoms with Crippen LogP contribution in [0.5, 0.6) is 0 Å². The van der Waals surface area contributed by atoms with Gasteiger partial charge in [0.25, 0.3) is 11.8 Å². The van der Waals surface area contributed by atoms with Gasteiger partial charge in [-0.3, -0.25) is 19.8 Å². The number of carbonyl (C=O) groups is 3. The predicted molar refractivity (Wildman–Crippen MR) is 86.4 cm³/mol. The van der Waals surface area contributed by atoms with Gasteiger partial charge in [0.05, 0.1) is 12.8 Å². The van der Waals surface area contributed by atoms with Gasteiger partial charge in [-0.05, 0) is 29.8 Å². The number of hydrogen-bond acceptors (Lipinski definition) is 4. The summed E-state index contributed by atoms with van der Waals surface area (Å²) in [5.41, 5.74) is 0.689. The van der Waals surface area contributed by atoms with Crippen LogP contribution in [0.2, 0.25) is 0 Å². The molecule has 6 nitrogen and oxygen atoms in total. The Hall–Kier alpha value is -3.41. The molecule has 0 radical (unpaired) electrons. The molecule has 2 heterocycles. The number of carbonyl (C=O) groups excluding carboxylic acids is 3. The van der Waals surface area contributed by atoms with Gasteiger partial charge in [-0.2, -0.15) is 0 Å². The highest BCUT2D eigenvalue weighted by Crippen LogP contribution is 2.14. The second kappa shape index (κ2) is 6.78. The lowest BCUT2D eigenvalue weighted by molar-refractivity contribution is -0.130. The van der Waals surface area contributed by atoms with Gasteiger partial charge in [0, 0.05) is 0 Å². The van der Waals surface area contributed by atoms with Crippen molar-refractivity contribution in [3.05, 3.63) is 77.8 Å². The molecule has 24 heavy (non-hydrogen) atoms. The summed E-state index contributed by atoms with van der Waals surface area (Å²) in [5, 5.41) is 2.18. The van der Waals surface area contributed by atoms with Crippen LogP contribution >= 0.6 is 0 Å². The number of amides is 4. The van der Waals surface area contributed by atoms with Crippen LogP contribution in [0.3, 0.4) is 0 Å². The number of urea groups is 1. The standard InChI is InChI=1S/C18H14N2O4/c21-16-15(10-4-8-14-9-5-11-24-14)17(22)20(18(23)19-16)12-13-6-2-1-3-7-13/h1-11H,12H2,(H,19,21,23)/b8-4+,15-10-. The number of hydrogen-bond donors (Lipinski definition) is 1. The molecule has 0 aliphatic carbocycles. The number of imide groups is 2. The summed E-state index contributed by atoms with van der Waals surface area (Å²) in [5.74, 6) is -0.747. The van der Waals surface area contributed by atoms with Crippen molar-refractivity contribution in [3.8, 4) is 0 Å². The first-order valence-corrected chi connectivity index (χ1v) is 7.28. The molecule has 1 N–H and O–H groups in total. The van der Waals surface area contributed by atoms with Gasteiger partial charge in [-0.15, -0.1) is 0 Å². The van der Waals surface area contributed by atoms with Gasteiger partial charge >= 0.3 is 6.03 Å². The second-order valence-corrected chi connectivity index (χ2v) is 5.09. The fraction of sp³-hybridized carbons (Fsp3) is 0.0556. The highest BCUT2D eigenvalue weighted by molar-refractivity contribution is 6.28. The molecular formula is C18H14N2O4. The lowest BCUT2D eigenvalue weighted by Crippen LogP contribution is -2.53. The van der Waals surface area contributed by atoms with Crippen LogP contribution in [0, 0.1) is 0 Å². The van der Waals surface area contributed by atoms with Crippen molar-refractivity contribution in [1.82, 2.24) is 10.2 Å². The highest BCUT2D eigenvalue weighted by atomic mass is 16.3. The molecular weight excluding hydrogens is 308 g/mol. The number of nitrogens with one attached hydrogen (secondary N) is 1. The monoisotopic (exact) mass is 322 g/mol. The normalized spacial score (nSPS) is 16.9. The van der Waals surface area contributed by atoms with E-state index in [4.69, 9.17) is 4.42 Å². The predicted octanol–water partition coefficient (Wildman–Crippen LogP) is 2.50. The fourth-order valence-electron chi connectivity index (χ4n) is 2.25. The van der Waals surface area contributed by atoms with E-state index < -0.39 is 17.8 Å². The molecule has 1 saturated heterocycles. The molecule has 0 saturated carbocycles. The Morgan fingerprint density at radius 1 is 1.04 bits per heavy atom. The Kier molecular flexibility index (Phi) is 4.38. The molecule has 6 heteroatoms. The summed E-state index contributed by atoms with van der Waals surface area (Å²) in [4.78, 5) is 37.3. The third-order valence-corrected chi connectivity index (χ3v) is 3.44. The zero-order valence-electron chi connectivity index (χ0n) is 12.6. The minimum atomic E-state index is -0.721. The van der Waals surface area contributed by atoms with Crippen molar-refractivity contribution >= 4 is 23.9 Å². The summed E-state index contributed by atoms with van der Waals surface area (Å²) in [6, 6.07) is 11.8. The van der Waals surface area contributed by atoms with Crippen LogP contribution in [0.15, 0.2) is 70.9 Å². The van der Waals surface area contributed by atoms with E-state index >= 15 is 0 Å². The average Bonchev–Trinajstić information content (AvgIpc) is 3.09. The lowest BCUT2D eigenvalue weighted by atomic mass is 10.1. The van der Waals surface area contributed by atoms with Crippen LogP contribution in [-0.4, -0.2) is 22.7 Å². The molecule has 3 rings (SSSR count). The Morgan fingerprint density at radius 3 is 2.54 bits per heavy atom. The van der Waals surface area contributed by atoms with Gasteiger partial charge in [-0.25, -0.2) is 4.79 Å². The maximum absolute atomic E-state index is 12.5. The third-order valence-electron chi connectivity index (χ3n) is 3.44. The number of allylic oxidation sites excluding steroid dienone is 2. The fourth-order valence-corrected chi connectivity index (χ4v) is 2.25. The zero-order valence-corrected chi connectivity index (χ0v) is 12.6. The van der Waals surface area contributed by atoms with Gasteiger partial charge < -0.3 is 4.42 Å². The van der Waals surface area contributed by atoms with Crippen molar-refractivity contribution in [2.75, 3.05) is 0 Å². The quantitative estimate of drug-likeness (QED) is 0.693. The van der Waals surface area contributed by atoms with Crippen molar-refractivity contribution < 1.29 is 18.8 Å². The largest absolute Gasteiger partial charge is 0.465 e. The minimum Gasteiger partial charge on any atom is -0.465 e. The Bertz CT molecular complexity index is 820. The number of nitrogens with zero attached hydrogens (tertiary/aromatic N) is 1. The molecule has 1 fully saturated rings. The number of rotatable bonds is 4. The molecule has 4 amide bonds. The van der Waals surface area contributed by atoms with E-state index in [-0.39, 0.29) is 12.1 Å². The molecule has 120 valence electrons. The van der Waals surface area contributed by atoms with Crippen molar-refractivity contribution in [2.45, 2.75) is 6.54 Å². The molecule has 1 aromatic heterocycles. The first kappa shape index (κ1) is 15.5. The van der Waals surface area contributed by atoms with Gasteiger partial charge in [0.15, 0.2) is 0 Å². The Labute approximate surface area is 138 Å². The molecule has 1 aliphatic heterocycles. The van der Waals surface area contributed by atoms with E-state index in [1.54, 1.807) is 30.3 Å². The Morgan fingerprint density at radius 2 is 1.83 bits per heavy atom. The van der Waals surface area contributed by atoms with E-state index in [2.05, 4.69) is 5.32 Å². The number of barbiturate groups is 1. The summed E-state index contributed by atoms with van der Waals surface area (Å²) in [6.45, 7) is 0.0953.